The van der Waals surface area contributed by atoms with Crippen LogP contribution in [0.3, 0.4) is 0 Å². The number of nitro benzene ring substituents is 1. The maximum absolute atomic E-state index is 11.2. The number of halogens is 3. The third-order valence-electron chi connectivity index (χ3n) is 2.02. The van der Waals surface area contributed by atoms with Crippen molar-refractivity contribution in [2.24, 2.45) is 0 Å². The van der Waals surface area contributed by atoms with Gasteiger partial charge >= 0.3 is 11.7 Å². The number of hydrogen-bond acceptors (Lipinski definition) is 5. The van der Waals surface area contributed by atoms with Crippen LogP contribution in [0.5, 0.6) is 5.75 Å². The van der Waals surface area contributed by atoms with Crippen molar-refractivity contribution in [3.05, 3.63) is 31.7 Å². The van der Waals surface area contributed by atoms with Crippen LogP contribution in [0.25, 0.3) is 0 Å². The maximum Gasteiger partial charge on any atom is 0.322 e. The fourth-order valence-electron chi connectivity index (χ4n) is 1.18. The molecule has 1 aromatic rings. The molecule has 0 saturated heterocycles. The average Bonchev–Trinajstić information content (AvgIpc) is 2.35. The lowest BCUT2D eigenvalue weighted by Crippen LogP contribution is -2.23. The molecule has 6 nitrogen and oxygen atoms in total. The van der Waals surface area contributed by atoms with E-state index in [4.69, 9.17) is 16.3 Å². The molecule has 0 amide bonds. The highest BCUT2D eigenvalue weighted by molar-refractivity contribution is 9.10. The van der Waals surface area contributed by atoms with Crippen molar-refractivity contribution in [2.75, 3.05) is 13.7 Å². The average molecular weight is 417 g/mol. The van der Waals surface area contributed by atoms with E-state index < -0.39 is 15.7 Å². The number of rotatable bonds is 5. The minimum Gasteiger partial charge on any atom is -0.484 e. The summed E-state index contributed by atoms with van der Waals surface area (Å²) in [6, 6.07) is 2.63. The van der Waals surface area contributed by atoms with Crippen LogP contribution in [0, 0.1) is 10.1 Å². The van der Waals surface area contributed by atoms with Crippen LogP contribution >= 0.6 is 43.5 Å². The predicted molar refractivity (Wildman–Crippen MR) is 76.0 cm³/mol. The zero-order chi connectivity index (χ0) is 14.6. The number of ether oxygens (including phenoxy) is 2. The van der Waals surface area contributed by atoms with E-state index in [-0.39, 0.29) is 23.1 Å². The minimum atomic E-state index is -0.723. The molecule has 0 bridgehead atoms. The van der Waals surface area contributed by atoms with Gasteiger partial charge in [-0.15, -0.1) is 0 Å². The van der Waals surface area contributed by atoms with Crippen molar-refractivity contribution >= 4 is 55.1 Å². The van der Waals surface area contributed by atoms with E-state index in [2.05, 4.69) is 36.6 Å². The summed E-state index contributed by atoms with van der Waals surface area (Å²) in [6.45, 7) is -0.117. The first-order chi connectivity index (χ1) is 8.86. The number of alkyl halides is 1. The van der Waals surface area contributed by atoms with Crippen molar-refractivity contribution in [1.29, 1.82) is 0 Å². The number of methoxy groups -OCH3 is 1. The summed E-state index contributed by atoms with van der Waals surface area (Å²) >= 11 is 11.9. The standard InChI is InChI=1S/C10H8Br2ClNO5/c1-18-10(15)7(12)4-19-9-6(11)2-5(13)3-8(9)14(16)17/h2-3,7H,4H2,1H3. The summed E-state index contributed by atoms with van der Waals surface area (Å²) in [5.74, 6) is -0.532. The van der Waals surface area contributed by atoms with Gasteiger partial charge in [0.2, 0.25) is 5.75 Å². The van der Waals surface area contributed by atoms with Crippen LogP contribution in [0.15, 0.2) is 16.6 Å². The molecule has 1 aromatic carbocycles. The number of hydrogen-bond donors (Lipinski definition) is 0. The number of esters is 1. The Labute approximate surface area is 130 Å². The molecular weight excluding hydrogens is 409 g/mol. The predicted octanol–water partition coefficient (Wildman–Crippen LogP) is 3.33. The molecule has 0 aliphatic heterocycles. The Morgan fingerprint density at radius 2 is 2.21 bits per heavy atom. The Bertz CT molecular complexity index is 511. The lowest BCUT2D eigenvalue weighted by atomic mass is 10.3. The van der Waals surface area contributed by atoms with Crippen molar-refractivity contribution < 1.29 is 19.2 Å². The Hall–Kier alpha value is -0.860. The number of carbonyl (C=O) groups is 1. The Morgan fingerprint density at radius 1 is 1.58 bits per heavy atom. The van der Waals surface area contributed by atoms with E-state index in [1.165, 1.54) is 19.2 Å². The van der Waals surface area contributed by atoms with Gasteiger partial charge in [-0.2, -0.15) is 0 Å². The van der Waals surface area contributed by atoms with E-state index >= 15 is 0 Å². The van der Waals surface area contributed by atoms with Crippen LogP contribution < -0.4 is 4.74 Å². The topological polar surface area (TPSA) is 78.7 Å². The Kier molecular flexibility index (Phi) is 6.02. The summed E-state index contributed by atoms with van der Waals surface area (Å²) < 4.78 is 10.1. The van der Waals surface area contributed by atoms with Crippen molar-refractivity contribution in [3.63, 3.8) is 0 Å². The molecule has 0 aliphatic carbocycles. The molecule has 0 saturated carbocycles. The van der Waals surface area contributed by atoms with Gasteiger partial charge in [-0.3, -0.25) is 14.9 Å². The quantitative estimate of drug-likeness (QED) is 0.318. The lowest BCUT2D eigenvalue weighted by molar-refractivity contribution is -0.385. The van der Waals surface area contributed by atoms with Gasteiger partial charge in [-0.1, -0.05) is 27.5 Å². The van der Waals surface area contributed by atoms with Gasteiger partial charge in [-0.05, 0) is 22.0 Å². The summed E-state index contributed by atoms with van der Waals surface area (Å²) in [5, 5.41) is 11.1. The lowest BCUT2D eigenvalue weighted by Gasteiger charge is -2.11. The third kappa shape index (κ3) is 4.32. The van der Waals surface area contributed by atoms with Crippen molar-refractivity contribution in [1.82, 2.24) is 0 Å². The fraction of sp³-hybridized carbons (Fsp3) is 0.300. The maximum atomic E-state index is 11.2. The second-order valence-corrected chi connectivity index (χ2v) is 5.69. The molecule has 0 spiro atoms. The molecule has 0 fully saturated rings. The van der Waals surface area contributed by atoms with Gasteiger partial charge in [0.25, 0.3) is 0 Å². The summed E-state index contributed by atoms with van der Waals surface area (Å²) in [4.78, 5) is 20.7. The number of nitrogens with zero attached hydrogens (tertiary/aromatic N) is 1. The molecule has 1 atom stereocenters. The molecule has 104 valence electrons. The monoisotopic (exact) mass is 415 g/mol. The summed E-state index contributed by atoms with van der Waals surface area (Å²) in [5.41, 5.74) is -0.288. The largest absolute Gasteiger partial charge is 0.484 e. The smallest absolute Gasteiger partial charge is 0.322 e. The highest BCUT2D eigenvalue weighted by atomic mass is 79.9. The zero-order valence-electron chi connectivity index (χ0n) is 9.56. The van der Waals surface area contributed by atoms with E-state index in [1.54, 1.807) is 0 Å². The van der Waals surface area contributed by atoms with Gasteiger partial charge < -0.3 is 9.47 Å². The number of benzene rings is 1. The highest BCUT2D eigenvalue weighted by Gasteiger charge is 2.23. The van der Waals surface area contributed by atoms with Gasteiger partial charge in [0.15, 0.2) is 0 Å². The first-order valence-corrected chi connectivity index (χ1v) is 6.93. The van der Waals surface area contributed by atoms with Crippen LogP contribution in [-0.4, -0.2) is 29.4 Å². The van der Waals surface area contributed by atoms with E-state index in [1.807, 2.05) is 0 Å². The van der Waals surface area contributed by atoms with Crippen LogP contribution in [0.2, 0.25) is 5.02 Å². The zero-order valence-corrected chi connectivity index (χ0v) is 13.5. The molecule has 9 heteroatoms. The summed E-state index contributed by atoms with van der Waals surface area (Å²) in [6.07, 6.45) is 0. The highest BCUT2D eigenvalue weighted by Crippen LogP contribution is 2.38. The van der Waals surface area contributed by atoms with Crippen LogP contribution in [-0.2, 0) is 9.53 Å². The Morgan fingerprint density at radius 3 is 2.74 bits per heavy atom. The van der Waals surface area contributed by atoms with Crippen LogP contribution in [0.1, 0.15) is 0 Å². The van der Waals surface area contributed by atoms with Crippen molar-refractivity contribution in [2.45, 2.75) is 4.83 Å². The SMILES string of the molecule is COC(=O)C(Br)COc1c(Br)cc(Cl)cc1[N+](=O)[O-]. The molecule has 0 N–H and O–H groups in total. The molecule has 1 rings (SSSR count). The first-order valence-electron chi connectivity index (χ1n) is 4.85. The van der Waals surface area contributed by atoms with E-state index in [0.29, 0.717) is 4.47 Å². The normalized spacial score (nSPS) is 11.8. The van der Waals surface area contributed by atoms with Gasteiger partial charge in [0.05, 0.1) is 16.5 Å². The van der Waals surface area contributed by atoms with E-state index in [0.717, 1.165) is 0 Å². The molecule has 0 aliphatic rings. The second kappa shape index (κ2) is 7.06. The molecule has 0 heterocycles. The first kappa shape index (κ1) is 16.2. The molecule has 1 unspecified atom stereocenters. The van der Waals surface area contributed by atoms with E-state index in [9.17, 15) is 14.9 Å². The second-order valence-electron chi connectivity index (χ2n) is 3.29. The number of carbonyl (C=O) groups excluding carboxylic acids is 1. The molecule has 19 heavy (non-hydrogen) atoms. The minimum absolute atomic E-state index is 0.00255. The molecule has 0 aromatic heterocycles. The molecular formula is C10H8Br2ClNO5. The van der Waals surface area contributed by atoms with Gasteiger partial charge in [0.1, 0.15) is 11.4 Å². The third-order valence-corrected chi connectivity index (χ3v) is 3.46. The summed E-state index contributed by atoms with van der Waals surface area (Å²) in [7, 11) is 1.23. The van der Waals surface area contributed by atoms with Gasteiger partial charge in [-0.25, -0.2) is 0 Å². The fourth-order valence-corrected chi connectivity index (χ4v) is 2.41. The number of nitro groups is 1. The van der Waals surface area contributed by atoms with Gasteiger partial charge in [0, 0.05) is 11.1 Å². The van der Waals surface area contributed by atoms with Crippen LogP contribution in [0.4, 0.5) is 5.69 Å². The Balaban J connectivity index is 2.94. The molecule has 0 radical (unpaired) electrons. The van der Waals surface area contributed by atoms with Crippen molar-refractivity contribution in [3.8, 4) is 5.75 Å².